The molecule has 1 aliphatic rings. The summed E-state index contributed by atoms with van der Waals surface area (Å²) in [6.07, 6.45) is 0.396. The number of rotatable bonds is 3. The molecule has 0 aliphatic carbocycles. The zero-order chi connectivity index (χ0) is 11.4. The van der Waals surface area contributed by atoms with Crippen LogP contribution in [0.1, 0.15) is 19.8 Å². The number of amides is 3. The smallest absolute Gasteiger partial charge is 0.318 e. The van der Waals surface area contributed by atoms with Crippen LogP contribution in [0.5, 0.6) is 0 Å². The molecule has 6 heteroatoms. The second-order valence-corrected chi connectivity index (χ2v) is 3.69. The first-order valence-electron chi connectivity index (χ1n) is 5.08. The van der Waals surface area contributed by atoms with Gasteiger partial charge in [-0.3, -0.25) is 4.79 Å². The molecule has 1 rings (SSSR count). The summed E-state index contributed by atoms with van der Waals surface area (Å²) >= 11 is 0. The Morgan fingerprint density at radius 1 is 1.60 bits per heavy atom. The number of carbonyl (C=O) groups is 2. The van der Waals surface area contributed by atoms with Gasteiger partial charge in [0, 0.05) is 19.5 Å². The third-order valence-electron chi connectivity index (χ3n) is 2.39. The average Bonchev–Trinajstić information content (AvgIpc) is 2.57. The van der Waals surface area contributed by atoms with E-state index < -0.39 is 18.1 Å². The van der Waals surface area contributed by atoms with Crippen LogP contribution in [-0.4, -0.2) is 47.2 Å². The van der Waals surface area contributed by atoms with Crippen LogP contribution in [0.4, 0.5) is 4.79 Å². The summed E-state index contributed by atoms with van der Waals surface area (Å²) in [5.74, 6) is -0.571. The molecule has 0 aromatic rings. The van der Waals surface area contributed by atoms with E-state index in [4.69, 9.17) is 5.73 Å². The van der Waals surface area contributed by atoms with E-state index in [0.29, 0.717) is 6.54 Å². The maximum Gasteiger partial charge on any atom is 0.318 e. The molecule has 15 heavy (non-hydrogen) atoms. The maximum atomic E-state index is 11.6. The molecular weight excluding hydrogens is 198 g/mol. The van der Waals surface area contributed by atoms with E-state index in [-0.39, 0.29) is 19.0 Å². The number of hydrogen-bond donors (Lipinski definition) is 3. The lowest BCUT2D eigenvalue weighted by molar-refractivity contribution is -0.121. The predicted octanol–water partition coefficient (Wildman–Crippen LogP) is -0.973. The molecule has 3 amide bonds. The van der Waals surface area contributed by atoms with Crippen molar-refractivity contribution in [2.75, 3.05) is 13.1 Å². The Morgan fingerprint density at radius 2 is 2.27 bits per heavy atom. The number of aliphatic hydroxyl groups is 1. The van der Waals surface area contributed by atoms with Gasteiger partial charge in [-0.25, -0.2) is 4.79 Å². The molecule has 4 N–H and O–H groups in total. The zero-order valence-electron chi connectivity index (χ0n) is 8.77. The molecule has 0 unspecified atom stereocenters. The van der Waals surface area contributed by atoms with Gasteiger partial charge < -0.3 is 21.1 Å². The Labute approximate surface area is 88.4 Å². The fourth-order valence-corrected chi connectivity index (χ4v) is 1.64. The second-order valence-electron chi connectivity index (χ2n) is 3.69. The minimum Gasteiger partial charge on any atom is -0.391 e. The van der Waals surface area contributed by atoms with Crippen molar-refractivity contribution < 1.29 is 14.7 Å². The van der Waals surface area contributed by atoms with E-state index in [1.54, 1.807) is 0 Å². The summed E-state index contributed by atoms with van der Waals surface area (Å²) in [6, 6.07) is -1.02. The molecule has 0 spiro atoms. The lowest BCUT2D eigenvalue weighted by Crippen LogP contribution is -2.48. The molecule has 1 aliphatic heterocycles. The number of likely N-dealkylation sites (tertiary alicyclic amines) is 1. The number of β-amino-alcohol motifs (C(OH)–C–C–N with tert-alkyl or cyclic N) is 1. The number of primary amides is 1. The van der Waals surface area contributed by atoms with Gasteiger partial charge in [0.2, 0.25) is 5.91 Å². The molecule has 86 valence electrons. The summed E-state index contributed by atoms with van der Waals surface area (Å²) in [7, 11) is 0. The fraction of sp³-hybridized carbons (Fsp3) is 0.778. The van der Waals surface area contributed by atoms with Gasteiger partial charge in [0.05, 0.1) is 6.10 Å². The highest BCUT2D eigenvalue weighted by Gasteiger charge is 2.37. The minimum absolute atomic E-state index is 0.170. The zero-order valence-corrected chi connectivity index (χ0v) is 8.77. The number of nitrogens with zero attached hydrogens (tertiary/aromatic N) is 1. The molecule has 2 atom stereocenters. The van der Waals surface area contributed by atoms with Gasteiger partial charge in [-0.2, -0.15) is 0 Å². The van der Waals surface area contributed by atoms with Crippen LogP contribution in [0.3, 0.4) is 0 Å². The third-order valence-corrected chi connectivity index (χ3v) is 2.39. The van der Waals surface area contributed by atoms with Crippen LogP contribution in [0.2, 0.25) is 0 Å². The van der Waals surface area contributed by atoms with Gasteiger partial charge in [-0.1, -0.05) is 6.92 Å². The standard InChI is InChI=1S/C9H17N3O3/c1-2-3-11-9(15)12-5-6(13)4-7(12)8(10)14/h6-7,13H,2-5H2,1H3,(H2,10,14)(H,11,15)/t6-,7-/m1/s1. The highest BCUT2D eigenvalue weighted by atomic mass is 16.3. The van der Waals surface area contributed by atoms with Crippen LogP contribution < -0.4 is 11.1 Å². The fourth-order valence-electron chi connectivity index (χ4n) is 1.64. The van der Waals surface area contributed by atoms with Crippen LogP contribution in [-0.2, 0) is 4.79 Å². The number of aliphatic hydroxyl groups excluding tert-OH is 1. The van der Waals surface area contributed by atoms with Gasteiger partial charge >= 0.3 is 6.03 Å². The van der Waals surface area contributed by atoms with Crippen molar-refractivity contribution in [3.05, 3.63) is 0 Å². The Kier molecular flexibility index (Phi) is 3.90. The number of hydrogen-bond acceptors (Lipinski definition) is 3. The molecule has 0 radical (unpaired) electrons. The molecule has 0 aromatic carbocycles. The van der Waals surface area contributed by atoms with Crippen molar-refractivity contribution in [2.45, 2.75) is 31.9 Å². The van der Waals surface area contributed by atoms with E-state index >= 15 is 0 Å². The highest BCUT2D eigenvalue weighted by molar-refractivity contribution is 5.86. The van der Waals surface area contributed by atoms with Crippen molar-refractivity contribution in [3.8, 4) is 0 Å². The summed E-state index contributed by atoms with van der Waals surface area (Å²) in [4.78, 5) is 23.9. The number of urea groups is 1. The molecule has 0 aromatic heterocycles. The van der Waals surface area contributed by atoms with Crippen LogP contribution in [0, 0.1) is 0 Å². The molecule has 1 saturated heterocycles. The van der Waals surface area contributed by atoms with Crippen LogP contribution in [0.15, 0.2) is 0 Å². The van der Waals surface area contributed by atoms with Gasteiger partial charge in [0.1, 0.15) is 6.04 Å². The lowest BCUT2D eigenvalue weighted by atomic mass is 10.2. The van der Waals surface area contributed by atoms with Crippen molar-refractivity contribution >= 4 is 11.9 Å². The van der Waals surface area contributed by atoms with Crippen molar-refractivity contribution in [2.24, 2.45) is 5.73 Å². The minimum atomic E-state index is -0.683. The molecule has 1 heterocycles. The van der Waals surface area contributed by atoms with Crippen LogP contribution >= 0.6 is 0 Å². The second kappa shape index (κ2) is 4.97. The summed E-state index contributed by atoms with van der Waals surface area (Å²) in [6.45, 7) is 2.66. The monoisotopic (exact) mass is 215 g/mol. The number of nitrogens with one attached hydrogen (secondary N) is 1. The Hall–Kier alpha value is -1.30. The third kappa shape index (κ3) is 2.82. The first-order valence-corrected chi connectivity index (χ1v) is 5.08. The summed E-state index contributed by atoms with van der Waals surface area (Å²) < 4.78 is 0. The summed E-state index contributed by atoms with van der Waals surface area (Å²) in [5.41, 5.74) is 5.15. The molecule has 1 fully saturated rings. The van der Waals surface area contributed by atoms with Crippen molar-refractivity contribution in [3.63, 3.8) is 0 Å². The molecular formula is C9H17N3O3. The van der Waals surface area contributed by atoms with Gasteiger partial charge in [-0.15, -0.1) is 0 Å². The Balaban J connectivity index is 2.58. The van der Waals surface area contributed by atoms with E-state index in [9.17, 15) is 14.7 Å². The van der Waals surface area contributed by atoms with E-state index in [1.807, 2.05) is 6.92 Å². The topological polar surface area (TPSA) is 95.7 Å². The van der Waals surface area contributed by atoms with Gasteiger partial charge in [0.25, 0.3) is 0 Å². The van der Waals surface area contributed by atoms with Crippen LogP contribution in [0.25, 0.3) is 0 Å². The molecule has 0 bridgehead atoms. The van der Waals surface area contributed by atoms with Crippen molar-refractivity contribution in [1.82, 2.24) is 10.2 Å². The predicted molar refractivity (Wildman–Crippen MR) is 54.0 cm³/mol. The lowest BCUT2D eigenvalue weighted by Gasteiger charge is -2.21. The largest absolute Gasteiger partial charge is 0.391 e. The first-order chi connectivity index (χ1) is 7.06. The molecule has 6 nitrogen and oxygen atoms in total. The molecule has 0 saturated carbocycles. The van der Waals surface area contributed by atoms with E-state index in [2.05, 4.69) is 5.32 Å². The Morgan fingerprint density at radius 3 is 2.80 bits per heavy atom. The highest BCUT2D eigenvalue weighted by Crippen LogP contribution is 2.17. The van der Waals surface area contributed by atoms with Gasteiger partial charge in [-0.05, 0) is 6.42 Å². The first kappa shape index (κ1) is 11.8. The maximum absolute atomic E-state index is 11.6. The number of carbonyl (C=O) groups excluding carboxylic acids is 2. The van der Waals surface area contributed by atoms with E-state index in [1.165, 1.54) is 4.90 Å². The Bertz CT molecular complexity index is 257. The van der Waals surface area contributed by atoms with Gasteiger partial charge in [0.15, 0.2) is 0 Å². The normalized spacial score (nSPS) is 25.3. The SMILES string of the molecule is CCCNC(=O)N1C[C@H](O)C[C@@H]1C(N)=O. The number of nitrogens with two attached hydrogens (primary N) is 1. The van der Waals surface area contributed by atoms with Crippen molar-refractivity contribution in [1.29, 1.82) is 0 Å². The van der Waals surface area contributed by atoms with E-state index in [0.717, 1.165) is 6.42 Å². The quantitative estimate of drug-likeness (QED) is 0.565. The summed E-state index contributed by atoms with van der Waals surface area (Å²) in [5, 5.41) is 12.0. The average molecular weight is 215 g/mol.